The number of aromatic nitrogens is 2. The van der Waals surface area contributed by atoms with Gasteiger partial charge in [0.05, 0.1) is 12.7 Å². The van der Waals surface area contributed by atoms with Gasteiger partial charge < -0.3 is 9.88 Å². The lowest BCUT2D eigenvalue weighted by Gasteiger charge is -2.11. The Hall–Kier alpha value is -1.48. The van der Waals surface area contributed by atoms with E-state index in [1.165, 1.54) is 11.3 Å². The fraction of sp³-hybridized carbons (Fsp3) is 0.357. The number of halogens is 1. The number of aryl methyl sites for hydroxylation is 1. The van der Waals surface area contributed by atoms with Gasteiger partial charge in [0, 0.05) is 12.7 Å². The molecule has 18 heavy (non-hydrogen) atoms. The summed E-state index contributed by atoms with van der Waals surface area (Å²) in [5, 5.41) is 4.09. The maximum atomic E-state index is 5.96. The van der Waals surface area contributed by atoms with Crippen LogP contribution in [0, 0.1) is 0 Å². The first-order valence-electron chi connectivity index (χ1n) is 6.20. The molecule has 0 radical (unpaired) electrons. The molecule has 1 heterocycles. The second kappa shape index (κ2) is 5.91. The van der Waals surface area contributed by atoms with Gasteiger partial charge in [-0.15, -0.1) is 0 Å². The molecule has 0 aliphatic rings. The predicted octanol–water partition coefficient (Wildman–Crippen LogP) is 3.64. The Bertz CT molecular complexity index is 520. The quantitative estimate of drug-likeness (QED) is 0.893. The number of nitrogens with one attached hydrogen (secondary N) is 1. The van der Waals surface area contributed by atoms with Gasteiger partial charge in [-0.25, -0.2) is 4.98 Å². The third-order valence-electron chi connectivity index (χ3n) is 3.00. The Labute approximate surface area is 113 Å². The number of benzene rings is 1. The minimum absolute atomic E-state index is 0.661. The lowest BCUT2D eigenvalue weighted by atomic mass is 10.1. The van der Waals surface area contributed by atoms with Gasteiger partial charge in [-0.1, -0.05) is 43.1 Å². The van der Waals surface area contributed by atoms with Gasteiger partial charge in [-0.3, -0.25) is 0 Å². The molecule has 1 aromatic heterocycles. The molecule has 0 aliphatic heterocycles. The van der Waals surface area contributed by atoms with Gasteiger partial charge >= 0.3 is 0 Å². The van der Waals surface area contributed by atoms with E-state index >= 15 is 0 Å². The van der Waals surface area contributed by atoms with Crippen molar-refractivity contribution in [3.8, 4) is 0 Å². The first-order valence-corrected chi connectivity index (χ1v) is 6.58. The molecular weight excluding hydrogens is 246 g/mol. The molecule has 1 N–H and O–H groups in total. The number of anilines is 1. The number of para-hydroxylation sites is 1. The lowest BCUT2D eigenvalue weighted by Crippen LogP contribution is -2.07. The van der Waals surface area contributed by atoms with Gasteiger partial charge in [0.15, 0.2) is 0 Å². The number of hydrogen-bond donors (Lipinski definition) is 1. The van der Waals surface area contributed by atoms with E-state index in [-0.39, 0.29) is 0 Å². The highest BCUT2D eigenvalue weighted by Crippen LogP contribution is 2.18. The molecule has 0 unspecified atom stereocenters. The van der Waals surface area contributed by atoms with Crippen molar-refractivity contribution in [2.45, 2.75) is 26.3 Å². The second-order valence-corrected chi connectivity index (χ2v) is 4.70. The number of hydrogen-bond acceptors (Lipinski definition) is 2. The van der Waals surface area contributed by atoms with Crippen molar-refractivity contribution in [2.75, 3.05) is 5.32 Å². The van der Waals surface area contributed by atoms with Gasteiger partial charge in [0.1, 0.15) is 11.0 Å². The Kier molecular flexibility index (Phi) is 4.26. The van der Waals surface area contributed by atoms with E-state index in [9.17, 15) is 0 Å². The van der Waals surface area contributed by atoms with Crippen molar-refractivity contribution >= 4 is 17.3 Å². The standard InChI is InChI=1S/C14H18ClN3/c1-3-6-11-7-4-5-8-12(11)16-10-14-17-9-13(15)18(14)2/h4-5,7-9,16H,3,6,10H2,1-2H3. The van der Waals surface area contributed by atoms with Crippen LogP contribution in [0.15, 0.2) is 30.5 Å². The SMILES string of the molecule is CCCc1ccccc1NCc1ncc(Cl)n1C. The van der Waals surface area contributed by atoms with Crippen molar-refractivity contribution in [1.29, 1.82) is 0 Å². The van der Waals surface area contributed by atoms with Gasteiger partial charge in [0.25, 0.3) is 0 Å². The van der Waals surface area contributed by atoms with Crippen LogP contribution in [0.3, 0.4) is 0 Å². The van der Waals surface area contributed by atoms with E-state index in [1.54, 1.807) is 6.20 Å². The minimum Gasteiger partial charge on any atom is -0.378 e. The zero-order chi connectivity index (χ0) is 13.0. The highest BCUT2D eigenvalue weighted by molar-refractivity contribution is 6.29. The molecular formula is C14H18ClN3. The van der Waals surface area contributed by atoms with E-state index in [1.807, 2.05) is 17.7 Å². The average Bonchev–Trinajstić information content (AvgIpc) is 2.70. The monoisotopic (exact) mass is 263 g/mol. The van der Waals surface area contributed by atoms with Crippen molar-refractivity contribution in [3.05, 3.63) is 47.0 Å². The molecule has 3 nitrogen and oxygen atoms in total. The van der Waals surface area contributed by atoms with Crippen LogP contribution >= 0.6 is 11.6 Å². The van der Waals surface area contributed by atoms with Crippen LogP contribution in [0.1, 0.15) is 24.7 Å². The van der Waals surface area contributed by atoms with Crippen LogP contribution in [-0.4, -0.2) is 9.55 Å². The van der Waals surface area contributed by atoms with Crippen LogP contribution in [-0.2, 0) is 20.0 Å². The summed E-state index contributed by atoms with van der Waals surface area (Å²) in [5.74, 6) is 0.936. The van der Waals surface area contributed by atoms with Gasteiger partial charge in [-0.05, 0) is 18.1 Å². The third-order valence-corrected chi connectivity index (χ3v) is 3.35. The maximum absolute atomic E-state index is 5.96. The Morgan fingerprint density at radius 3 is 2.78 bits per heavy atom. The summed E-state index contributed by atoms with van der Waals surface area (Å²) in [4.78, 5) is 4.27. The van der Waals surface area contributed by atoms with Crippen LogP contribution < -0.4 is 5.32 Å². The van der Waals surface area contributed by atoms with Crippen molar-refractivity contribution in [1.82, 2.24) is 9.55 Å². The van der Waals surface area contributed by atoms with Crippen LogP contribution in [0.25, 0.3) is 0 Å². The molecule has 0 bridgehead atoms. The summed E-state index contributed by atoms with van der Waals surface area (Å²) in [6.07, 6.45) is 3.91. The van der Waals surface area contributed by atoms with E-state index in [4.69, 9.17) is 11.6 Å². The molecule has 0 saturated carbocycles. The Morgan fingerprint density at radius 1 is 1.33 bits per heavy atom. The molecule has 96 valence electrons. The predicted molar refractivity (Wildman–Crippen MR) is 76.0 cm³/mol. The Balaban J connectivity index is 2.08. The molecule has 1 aromatic carbocycles. The molecule has 4 heteroatoms. The fourth-order valence-electron chi connectivity index (χ4n) is 1.94. The first kappa shape index (κ1) is 13.0. The molecule has 2 aromatic rings. The number of rotatable bonds is 5. The van der Waals surface area contributed by atoms with Crippen LogP contribution in [0.2, 0.25) is 5.15 Å². The molecule has 0 aliphatic carbocycles. The minimum atomic E-state index is 0.661. The smallest absolute Gasteiger partial charge is 0.128 e. The third kappa shape index (κ3) is 2.85. The number of imidazole rings is 1. The molecule has 0 saturated heterocycles. The molecule has 0 atom stereocenters. The normalized spacial score (nSPS) is 10.6. The summed E-state index contributed by atoms with van der Waals surface area (Å²) in [6, 6.07) is 8.40. The highest BCUT2D eigenvalue weighted by Gasteiger charge is 2.05. The largest absolute Gasteiger partial charge is 0.378 e. The van der Waals surface area contributed by atoms with Gasteiger partial charge in [-0.2, -0.15) is 0 Å². The molecule has 0 amide bonds. The lowest BCUT2D eigenvalue weighted by molar-refractivity contribution is 0.811. The maximum Gasteiger partial charge on any atom is 0.128 e. The van der Waals surface area contributed by atoms with Crippen molar-refractivity contribution in [3.63, 3.8) is 0 Å². The fourth-order valence-corrected chi connectivity index (χ4v) is 2.09. The number of nitrogens with zero attached hydrogens (tertiary/aromatic N) is 2. The summed E-state index contributed by atoms with van der Waals surface area (Å²) < 4.78 is 1.89. The van der Waals surface area contributed by atoms with Crippen LogP contribution in [0.5, 0.6) is 0 Å². The summed E-state index contributed by atoms with van der Waals surface area (Å²) in [6.45, 7) is 2.87. The highest BCUT2D eigenvalue weighted by atomic mass is 35.5. The van der Waals surface area contributed by atoms with Crippen molar-refractivity contribution in [2.24, 2.45) is 7.05 Å². The van der Waals surface area contributed by atoms with E-state index in [0.29, 0.717) is 11.7 Å². The first-order chi connectivity index (χ1) is 8.72. The van der Waals surface area contributed by atoms with Gasteiger partial charge in [0.2, 0.25) is 0 Å². The van der Waals surface area contributed by atoms with E-state index in [0.717, 1.165) is 18.7 Å². The van der Waals surface area contributed by atoms with E-state index < -0.39 is 0 Å². The van der Waals surface area contributed by atoms with Crippen LogP contribution in [0.4, 0.5) is 5.69 Å². The average molecular weight is 264 g/mol. The zero-order valence-electron chi connectivity index (χ0n) is 10.8. The summed E-state index contributed by atoms with van der Waals surface area (Å²) >= 11 is 5.96. The topological polar surface area (TPSA) is 29.9 Å². The molecule has 0 fully saturated rings. The molecule has 2 rings (SSSR count). The zero-order valence-corrected chi connectivity index (χ0v) is 11.5. The second-order valence-electron chi connectivity index (χ2n) is 4.32. The molecule has 0 spiro atoms. The summed E-state index contributed by atoms with van der Waals surface area (Å²) in [5.41, 5.74) is 2.53. The Morgan fingerprint density at radius 2 is 2.11 bits per heavy atom. The van der Waals surface area contributed by atoms with E-state index in [2.05, 4.69) is 35.4 Å². The van der Waals surface area contributed by atoms with Crippen molar-refractivity contribution < 1.29 is 0 Å². The summed E-state index contributed by atoms with van der Waals surface area (Å²) in [7, 11) is 1.92.